The molecule has 0 spiro atoms. The number of phenols is 1. The summed E-state index contributed by atoms with van der Waals surface area (Å²) in [6.07, 6.45) is 3.66. The van der Waals surface area contributed by atoms with E-state index in [1.54, 1.807) is 12.1 Å². The molecule has 1 aromatic rings. The minimum Gasteiger partial charge on any atom is -0.507 e. The van der Waals surface area contributed by atoms with Crippen LogP contribution in [-0.2, 0) is 0 Å². The lowest BCUT2D eigenvalue weighted by atomic mass is 9.68. The zero-order valence-electron chi connectivity index (χ0n) is 13.4. The minimum atomic E-state index is -0.153. The number of amides is 1. The molecule has 3 unspecified atom stereocenters. The number of hydrogen-bond acceptors (Lipinski definition) is 2. The van der Waals surface area contributed by atoms with E-state index in [-0.39, 0.29) is 28.5 Å². The van der Waals surface area contributed by atoms with Gasteiger partial charge in [0.05, 0.1) is 5.56 Å². The second kappa shape index (κ2) is 4.49. The lowest BCUT2D eigenvalue weighted by Gasteiger charge is -2.43. The average Bonchev–Trinajstić information content (AvgIpc) is 2.85. The van der Waals surface area contributed by atoms with Gasteiger partial charge in [-0.25, -0.2) is 0 Å². The Morgan fingerprint density at radius 3 is 2.62 bits per heavy atom. The Kier molecular flexibility index (Phi) is 3.09. The first-order chi connectivity index (χ1) is 9.74. The van der Waals surface area contributed by atoms with Crippen molar-refractivity contribution < 1.29 is 9.90 Å². The smallest absolute Gasteiger partial charge is 0.255 e. The topological polar surface area (TPSA) is 49.3 Å². The Morgan fingerprint density at radius 1 is 1.33 bits per heavy atom. The van der Waals surface area contributed by atoms with Gasteiger partial charge in [-0.3, -0.25) is 4.79 Å². The van der Waals surface area contributed by atoms with E-state index in [0.29, 0.717) is 11.5 Å². The zero-order valence-corrected chi connectivity index (χ0v) is 13.4. The highest BCUT2D eigenvalue weighted by molar-refractivity contribution is 5.97. The molecule has 3 rings (SSSR count). The van der Waals surface area contributed by atoms with Crippen molar-refractivity contribution in [3.8, 4) is 5.75 Å². The highest BCUT2D eigenvalue weighted by Crippen LogP contribution is 2.62. The monoisotopic (exact) mass is 287 g/mol. The molecule has 3 heteroatoms. The molecule has 0 saturated heterocycles. The van der Waals surface area contributed by atoms with Crippen LogP contribution in [0.2, 0.25) is 0 Å². The van der Waals surface area contributed by atoms with Crippen molar-refractivity contribution in [2.75, 3.05) is 0 Å². The number of nitrogens with one attached hydrogen (secondary N) is 1. The molecule has 1 aromatic carbocycles. The molecule has 3 atom stereocenters. The molecule has 2 saturated carbocycles. The molecule has 2 bridgehead atoms. The lowest BCUT2D eigenvalue weighted by molar-refractivity contribution is 0.0735. The van der Waals surface area contributed by atoms with Gasteiger partial charge in [-0.1, -0.05) is 26.8 Å². The number of fused-ring (bicyclic) bond motifs is 2. The van der Waals surface area contributed by atoms with Gasteiger partial charge in [0.25, 0.3) is 5.91 Å². The van der Waals surface area contributed by atoms with E-state index in [2.05, 4.69) is 26.1 Å². The Labute approximate surface area is 126 Å². The van der Waals surface area contributed by atoms with Crippen LogP contribution in [0.15, 0.2) is 18.2 Å². The second-order valence-electron chi connectivity index (χ2n) is 7.84. The number of phenolic OH excluding ortho intramolecular Hbond substituents is 1. The Bertz CT molecular complexity index is 588. The van der Waals surface area contributed by atoms with Crippen molar-refractivity contribution in [2.45, 2.75) is 53.0 Å². The zero-order chi connectivity index (χ0) is 15.4. The van der Waals surface area contributed by atoms with Gasteiger partial charge < -0.3 is 10.4 Å². The fourth-order valence-corrected chi connectivity index (χ4v) is 4.70. The summed E-state index contributed by atoms with van der Waals surface area (Å²) in [5.41, 5.74) is 1.66. The molecular formula is C18H25NO2. The minimum absolute atomic E-state index is 0.0682. The van der Waals surface area contributed by atoms with Gasteiger partial charge in [-0.05, 0) is 60.6 Å². The highest BCUT2D eigenvalue weighted by Gasteiger charge is 2.59. The Balaban J connectivity index is 1.85. The van der Waals surface area contributed by atoms with Crippen LogP contribution in [0.25, 0.3) is 0 Å². The number of carbonyl (C=O) groups is 1. The molecule has 0 heterocycles. The highest BCUT2D eigenvalue weighted by atomic mass is 16.3. The largest absolute Gasteiger partial charge is 0.507 e. The molecule has 3 nitrogen and oxygen atoms in total. The molecule has 2 aliphatic carbocycles. The van der Waals surface area contributed by atoms with Gasteiger partial charge in [0.1, 0.15) is 5.75 Å². The van der Waals surface area contributed by atoms with E-state index in [0.717, 1.165) is 5.56 Å². The third-order valence-corrected chi connectivity index (χ3v) is 5.94. The van der Waals surface area contributed by atoms with Crippen molar-refractivity contribution >= 4 is 5.91 Å². The maximum atomic E-state index is 12.6. The maximum absolute atomic E-state index is 12.6. The van der Waals surface area contributed by atoms with Gasteiger partial charge >= 0.3 is 0 Å². The van der Waals surface area contributed by atoms with E-state index in [9.17, 15) is 9.90 Å². The van der Waals surface area contributed by atoms with Crippen LogP contribution in [-0.4, -0.2) is 17.1 Å². The lowest BCUT2D eigenvalue weighted by Crippen LogP contribution is -2.52. The summed E-state index contributed by atoms with van der Waals surface area (Å²) >= 11 is 0. The van der Waals surface area contributed by atoms with Crippen LogP contribution in [0.4, 0.5) is 0 Å². The molecule has 2 N–H and O–H groups in total. The Morgan fingerprint density at radius 2 is 2.05 bits per heavy atom. The van der Waals surface area contributed by atoms with Gasteiger partial charge in [0.2, 0.25) is 0 Å². The summed E-state index contributed by atoms with van der Waals surface area (Å²) in [6.45, 7) is 8.73. The molecule has 21 heavy (non-hydrogen) atoms. The first-order valence-electron chi connectivity index (χ1n) is 7.84. The summed E-state index contributed by atoms with van der Waals surface area (Å²) in [5.74, 6) is 0.609. The van der Waals surface area contributed by atoms with E-state index in [1.807, 2.05) is 13.0 Å². The SMILES string of the molecule is Cc1ccc(C(=O)NC2C3(C)CCC(C3)C2(C)C)c(O)c1. The van der Waals surface area contributed by atoms with Crippen LogP contribution >= 0.6 is 0 Å². The number of aryl methyl sites for hydroxylation is 1. The molecule has 114 valence electrons. The molecule has 0 radical (unpaired) electrons. The number of aromatic hydroxyl groups is 1. The summed E-state index contributed by atoms with van der Waals surface area (Å²) in [4.78, 5) is 12.6. The van der Waals surface area contributed by atoms with Crippen LogP contribution in [0.5, 0.6) is 5.75 Å². The van der Waals surface area contributed by atoms with E-state index >= 15 is 0 Å². The molecule has 0 aromatic heterocycles. The predicted molar refractivity (Wildman–Crippen MR) is 83.3 cm³/mol. The van der Waals surface area contributed by atoms with Crippen molar-refractivity contribution in [1.82, 2.24) is 5.32 Å². The van der Waals surface area contributed by atoms with Crippen molar-refractivity contribution in [1.29, 1.82) is 0 Å². The predicted octanol–water partition coefficient (Wildman–Crippen LogP) is 3.65. The van der Waals surface area contributed by atoms with Crippen LogP contribution < -0.4 is 5.32 Å². The maximum Gasteiger partial charge on any atom is 0.255 e. The standard InChI is InChI=1S/C18H25NO2/c1-11-5-6-13(14(20)9-11)15(21)19-16-17(2,3)12-7-8-18(16,4)10-12/h5-6,9,12,16,20H,7-8,10H2,1-4H3,(H,19,21). The van der Waals surface area contributed by atoms with Crippen molar-refractivity contribution in [3.63, 3.8) is 0 Å². The van der Waals surface area contributed by atoms with Crippen LogP contribution in [0.3, 0.4) is 0 Å². The molecule has 0 aliphatic heterocycles. The van der Waals surface area contributed by atoms with Crippen molar-refractivity contribution in [2.24, 2.45) is 16.7 Å². The number of benzene rings is 1. The summed E-state index contributed by atoms with van der Waals surface area (Å²) in [6, 6.07) is 5.39. The molecular weight excluding hydrogens is 262 g/mol. The van der Waals surface area contributed by atoms with E-state index < -0.39 is 0 Å². The first kappa shape index (κ1) is 14.4. The normalized spacial score (nSPS) is 33.1. The summed E-state index contributed by atoms with van der Waals surface area (Å²) < 4.78 is 0. The van der Waals surface area contributed by atoms with E-state index in [1.165, 1.54) is 19.3 Å². The van der Waals surface area contributed by atoms with Gasteiger partial charge in [0, 0.05) is 6.04 Å². The average molecular weight is 287 g/mol. The Hall–Kier alpha value is -1.51. The van der Waals surface area contributed by atoms with Crippen molar-refractivity contribution in [3.05, 3.63) is 29.3 Å². The molecule has 2 aliphatic rings. The van der Waals surface area contributed by atoms with Gasteiger partial charge in [-0.15, -0.1) is 0 Å². The number of hydrogen-bond donors (Lipinski definition) is 2. The summed E-state index contributed by atoms with van der Waals surface area (Å²) in [5, 5.41) is 13.2. The van der Waals surface area contributed by atoms with Crippen LogP contribution in [0, 0.1) is 23.7 Å². The number of carbonyl (C=O) groups excluding carboxylic acids is 1. The number of rotatable bonds is 2. The fraction of sp³-hybridized carbons (Fsp3) is 0.611. The fourth-order valence-electron chi connectivity index (χ4n) is 4.70. The third-order valence-electron chi connectivity index (χ3n) is 5.94. The quantitative estimate of drug-likeness (QED) is 0.872. The van der Waals surface area contributed by atoms with E-state index in [4.69, 9.17) is 0 Å². The second-order valence-corrected chi connectivity index (χ2v) is 7.84. The van der Waals surface area contributed by atoms with Gasteiger partial charge in [0.15, 0.2) is 0 Å². The third kappa shape index (κ3) is 2.14. The first-order valence-corrected chi connectivity index (χ1v) is 7.84. The summed E-state index contributed by atoms with van der Waals surface area (Å²) in [7, 11) is 0. The molecule has 1 amide bonds. The van der Waals surface area contributed by atoms with Gasteiger partial charge in [-0.2, -0.15) is 0 Å². The molecule has 2 fully saturated rings. The van der Waals surface area contributed by atoms with Crippen LogP contribution in [0.1, 0.15) is 56.0 Å².